The Kier molecular flexibility index (Phi) is 5.62. The molecule has 0 saturated heterocycles. The minimum atomic E-state index is -3.54. The maximum Gasteiger partial charge on any atom is 0.240 e. The normalized spacial score (nSPS) is 12.7. The van der Waals surface area contributed by atoms with Crippen LogP contribution in [0, 0.1) is 0 Å². The number of imidazole rings is 1. The van der Waals surface area contributed by atoms with E-state index in [0.717, 1.165) is 23.4 Å². The van der Waals surface area contributed by atoms with Crippen molar-refractivity contribution in [1.82, 2.24) is 14.3 Å². The first-order chi connectivity index (χ1) is 12.9. The number of nitrogens with one attached hydrogen (secondary N) is 2. The number of sulfonamides is 1. The predicted molar refractivity (Wildman–Crippen MR) is 108 cm³/mol. The van der Waals surface area contributed by atoms with Crippen molar-refractivity contribution in [3.63, 3.8) is 0 Å². The first kappa shape index (κ1) is 19.1. The van der Waals surface area contributed by atoms with Gasteiger partial charge in [0.2, 0.25) is 10.0 Å². The molecule has 2 aromatic carbocycles. The number of aryl methyl sites for hydroxylation is 1. The first-order valence-corrected chi connectivity index (χ1v) is 10.3. The van der Waals surface area contributed by atoms with Gasteiger partial charge in [0.15, 0.2) is 0 Å². The van der Waals surface area contributed by atoms with Gasteiger partial charge in [-0.2, -0.15) is 0 Å². The maximum absolute atomic E-state index is 12.2. The molecule has 2 N–H and O–H groups in total. The fourth-order valence-electron chi connectivity index (χ4n) is 2.99. The smallest absolute Gasteiger partial charge is 0.240 e. The lowest BCUT2D eigenvalue weighted by Gasteiger charge is -2.21. The largest absolute Gasteiger partial charge is 0.378 e. The minimum Gasteiger partial charge on any atom is -0.378 e. The number of benzene rings is 2. The van der Waals surface area contributed by atoms with Crippen LogP contribution in [-0.4, -0.2) is 25.0 Å². The zero-order chi connectivity index (χ0) is 19.4. The Balaban J connectivity index is 2.06. The molecule has 3 aromatic rings. The topological polar surface area (TPSA) is 76.0 Å². The van der Waals surface area contributed by atoms with Gasteiger partial charge in [0, 0.05) is 24.5 Å². The van der Waals surface area contributed by atoms with Crippen molar-refractivity contribution >= 4 is 15.7 Å². The van der Waals surface area contributed by atoms with Crippen LogP contribution < -0.4 is 10.0 Å². The molecule has 0 spiro atoms. The SMILES string of the molecule is CC[C@H](Nc1ccc(S(=O)(=O)NC)cc1-c1cn(C)cn1)c1ccccc1. The van der Waals surface area contributed by atoms with Gasteiger partial charge in [0.1, 0.15) is 0 Å². The van der Waals surface area contributed by atoms with Crippen LogP contribution in [0.5, 0.6) is 0 Å². The van der Waals surface area contributed by atoms with Crippen LogP contribution in [-0.2, 0) is 17.1 Å². The zero-order valence-electron chi connectivity index (χ0n) is 15.7. The Morgan fingerprint density at radius 2 is 1.89 bits per heavy atom. The molecule has 7 heteroatoms. The molecular weight excluding hydrogens is 360 g/mol. The molecular formula is C20H24N4O2S. The Morgan fingerprint density at radius 3 is 2.48 bits per heavy atom. The van der Waals surface area contributed by atoms with E-state index in [2.05, 4.69) is 34.1 Å². The van der Waals surface area contributed by atoms with Gasteiger partial charge in [0.05, 0.1) is 23.0 Å². The fourth-order valence-corrected chi connectivity index (χ4v) is 3.75. The summed E-state index contributed by atoms with van der Waals surface area (Å²) >= 11 is 0. The molecule has 0 radical (unpaired) electrons. The van der Waals surface area contributed by atoms with Crippen molar-refractivity contribution in [2.24, 2.45) is 7.05 Å². The van der Waals surface area contributed by atoms with Crippen molar-refractivity contribution < 1.29 is 8.42 Å². The van der Waals surface area contributed by atoms with E-state index in [9.17, 15) is 8.42 Å². The quantitative estimate of drug-likeness (QED) is 0.653. The molecule has 3 rings (SSSR count). The number of anilines is 1. The Hall–Kier alpha value is -2.64. The van der Waals surface area contributed by atoms with Gasteiger partial charge in [-0.3, -0.25) is 0 Å². The molecule has 27 heavy (non-hydrogen) atoms. The van der Waals surface area contributed by atoms with Gasteiger partial charge in [-0.1, -0.05) is 37.3 Å². The number of rotatable bonds is 7. The molecule has 0 saturated carbocycles. The molecule has 0 bridgehead atoms. The van der Waals surface area contributed by atoms with Crippen LogP contribution in [0.4, 0.5) is 5.69 Å². The zero-order valence-corrected chi connectivity index (χ0v) is 16.5. The summed E-state index contributed by atoms with van der Waals surface area (Å²) in [6.07, 6.45) is 4.47. The van der Waals surface area contributed by atoms with E-state index in [-0.39, 0.29) is 10.9 Å². The summed E-state index contributed by atoms with van der Waals surface area (Å²) < 4.78 is 28.7. The maximum atomic E-state index is 12.2. The van der Waals surface area contributed by atoms with Gasteiger partial charge in [-0.15, -0.1) is 0 Å². The molecule has 1 aromatic heterocycles. The van der Waals surface area contributed by atoms with E-state index in [1.165, 1.54) is 12.6 Å². The molecule has 1 heterocycles. The van der Waals surface area contributed by atoms with E-state index in [4.69, 9.17) is 0 Å². The second-order valence-electron chi connectivity index (χ2n) is 6.36. The van der Waals surface area contributed by atoms with E-state index >= 15 is 0 Å². The van der Waals surface area contributed by atoms with Crippen LogP contribution in [0.25, 0.3) is 11.3 Å². The number of aromatic nitrogens is 2. The third kappa shape index (κ3) is 4.20. The minimum absolute atomic E-state index is 0.111. The van der Waals surface area contributed by atoms with Gasteiger partial charge in [-0.25, -0.2) is 18.1 Å². The molecule has 1 atom stereocenters. The summed E-state index contributed by atoms with van der Waals surface area (Å²) in [5, 5.41) is 3.55. The standard InChI is InChI=1S/C20H24N4O2S/c1-4-18(15-8-6-5-7-9-15)23-19-11-10-16(27(25,26)21-2)12-17(19)20-13-24(3)14-22-20/h5-14,18,21,23H,4H2,1-3H3/t18-/m0/s1. The lowest BCUT2D eigenvalue weighted by molar-refractivity contribution is 0.588. The number of hydrogen-bond acceptors (Lipinski definition) is 4. The summed E-state index contributed by atoms with van der Waals surface area (Å²) in [5.41, 5.74) is 3.50. The molecule has 142 valence electrons. The summed E-state index contributed by atoms with van der Waals surface area (Å²) in [6.45, 7) is 2.12. The molecule has 6 nitrogen and oxygen atoms in total. The van der Waals surface area contributed by atoms with Crippen molar-refractivity contribution in [2.75, 3.05) is 12.4 Å². The lowest BCUT2D eigenvalue weighted by Crippen LogP contribution is -2.19. The molecule has 0 amide bonds. The van der Waals surface area contributed by atoms with Gasteiger partial charge in [0.25, 0.3) is 0 Å². The summed E-state index contributed by atoms with van der Waals surface area (Å²) in [4.78, 5) is 4.62. The Bertz CT molecular complexity index is 1010. The second kappa shape index (κ2) is 7.94. The molecule has 0 aliphatic carbocycles. The highest BCUT2D eigenvalue weighted by Gasteiger charge is 2.18. The Morgan fingerprint density at radius 1 is 1.15 bits per heavy atom. The van der Waals surface area contributed by atoms with E-state index < -0.39 is 10.0 Å². The number of nitrogens with zero attached hydrogens (tertiary/aromatic N) is 2. The first-order valence-electron chi connectivity index (χ1n) is 8.82. The average molecular weight is 385 g/mol. The molecule has 0 aliphatic rings. The van der Waals surface area contributed by atoms with E-state index in [1.807, 2.05) is 36.0 Å². The van der Waals surface area contributed by atoms with Gasteiger partial charge in [-0.05, 0) is 37.2 Å². The van der Waals surface area contributed by atoms with Crippen molar-refractivity contribution in [3.8, 4) is 11.3 Å². The van der Waals surface area contributed by atoms with Crippen LogP contribution in [0.1, 0.15) is 24.9 Å². The third-order valence-electron chi connectivity index (χ3n) is 4.49. The monoisotopic (exact) mass is 384 g/mol. The van der Waals surface area contributed by atoms with Crippen molar-refractivity contribution in [3.05, 3.63) is 66.6 Å². The Labute approximate surface area is 160 Å². The highest BCUT2D eigenvalue weighted by molar-refractivity contribution is 7.89. The molecule has 0 fully saturated rings. The second-order valence-corrected chi connectivity index (χ2v) is 8.24. The highest BCUT2D eigenvalue weighted by Crippen LogP contribution is 2.33. The summed E-state index contributed by atoms with van der Waals surface area (Å²) in [7, 11) is -0.244. The summed E-state index contributed by atoms with van der Waals surface area (Å²) in [5.74, 6) is 0. The van der Waals surface area contributed by atoms with Crippen LogP contribution in [0.2, 0.25) is 0 Å². The van der Waals surface area contributed by atoms with Gasteiger partial charge < -0.3 is 9.88 Å². The predicted octanol–water partition coefficient (Wildman–Crippen LogP) is 3.56. The summed E-state index contributed by atoms with van der Waals surface area (Å²) in [6, 6.07) is 15.4. The lowest BCUT2D eigenvalue weighted by atomic mass is 10.0. The van der Waals surface area contributed by atoms with Crippen LogP contribution in [0.15, 0.2) is 66.0 Å². The fraction of sp³-hybridized carbons (Fsp3) is 0.250. The van der Waals surface area contributed by atoms with E-state index in [0.29, 0.717) is 0 Å². The average Bonchev–Trinajstić information content (AvgIpc) is 3.13. The highest BCUT2D eigenvalue weighted by atomic mass is 32.2. The van der Waals surface area contributed by atoms with Crippen molar-refractivity contribution in [2.45, 2.75) is 24.3 Å². The van der Waals surface area contributed by atoms with Crippen LogP contribution in [0.3, 0.4) is 0 Å². The molecule has 0 unspecified atom stereocenters. The van der Waals surface area contributed by atoms with Gasteiger partial charge >= 0.3 is 0 Å². The molecule has 0 aliphatic heterocycles. The van der Waals surface area contributed by atoms with E-state index in [1.54, 1.807) is 24.5 Å². The third-order valence-corrected chi connectivity index (χ3v) is 5.90. The van der Waals surface area contributed by atoms with Crippen molar-refractivity contribution in [1.29, 1.82) is 0 Å². The number of hydrogen-bond donors (Lipinski definition) is 2. The van der Waals surface area contributed by atoms with Crippen LogP contribution >= 0.6 is 0 Å².